The van der Waals surface area contributed by atoms with E-state index in [4.69, 9.17) is 44.3 Å². The van der Waals surface area contributed by atoms with E-state index in [2.05, 4.69) is 15.9 Å². The summed E-state index contributed by atoms with van der Waals surface area (Å²) in [4.78, 5) is 27.0. The molecule has 1 aliphatic rings. The summed E-state index contributed by atoms with van der Waals surface area (Å²) in [6.45, 7) is 0.424. The molecular formula is C25H17BrCl3NO4S. The van der Waals surface area contributed by atoms with Crippen molar-refractivity contribution in [1.29, 1.82) is 0 Å². The Morgan fingerprint density at radius 2 is 1.66 bits per heavy atom. The highest BCUT2D eigenvalue weighted by Gasteiger charge is 2.35. The van der Waals surface area contributed by atoms with Crippen molar-refractivity contribution < 1.29 is 19.1 Å². The van der Waals surface area contributed by atoms with Crippen LogP contribution in [-0.4, -0.2) is 23.2 Å². The summed E-state index contributed by atoms with van der Waals surface area (Å²) >= 11 is 22.4. The molecule has 1 aliphatic heterocycles. The van der Waals surface area contributed by atoms with Gasteiger partial charge in [-0.2, -0.15) is 0 Å². The molecule has 10 heteroatoms. The molecule has 0 spiro atoms. The van der Waals surface area contributed by atoms with E-state index in [-0.39, 0.29) is 24.3 Å². The molecular weight excluding hydrogens is 597 g/mol. The molecule has 0 radical (unpaired) electrons. The molecule has 0 atom stereocenters. The molecule has 35 heavy (non-hydrogen) atoms. The molecule has 180 valence electrons. The van der Waals surface area contributed by atoms with Crippen molar-refractivity contribution >= 4 is 79.7 Å². The minimum atomic E-state index is -0.360. The maximum atomic E-state index is 12.9. The van der Waals surface area contributed by atoms with Crippen molar-refractivity contribution in [2.45, 2.75) is 13.2 Å². The van der Waals surface area contributed by atoms with Crippen LogP contribution in [0.25, 0.3) is 6.08 Å². The van der Waals surface area contributed by atoms with Gasteiger partial charge in [-0.25, -0.2) is 0 Å². The second kappa shape index (κ2) is 11.3. The van der Waals surface area contributed by atoms with Crippen molar-refractivity contribution in [3.63, 3.8) is 0 Å². The largest absolute Gasteiger partial charge is 0.493 e. The number of hydrogen-bond donors (Lipinski definition) is 0. The fourth-order valence-corrected chi connectivity index (χ4v) is 4.99. The lowest BCUT2D eigenvalue weighted by Gasteiger charge is -2.14. The first-order valence-electron chi connectivity index (χ1n) is 10.2. The highest BCUT2D eigenvalue weighted by molar-refractivity contribution is 9.10. The number of amides is 2. The summed E-state index contributed by atoms with van der Waals surface area (Å²) in [6.07, 6.45) is 1.65. The smallest absolute Gasteiger partial charge is 0.293 e. The molecule has 3 aromatic rings. The number of benzene rings is 3. The maximum absolute atomic E-state index is 12.9. The van der Waals surface area contributed by atoms with Crippen LogP contribution in [0.5, 0.6) is 11.5 Å². The third-order valence-electron chi connectivity index (χ3n) is 5.08. The zero-order chi connectivity index (χ0) is 25.1. The summed E-state index contributed by atoms with van der Waals surface area (Å²) in [7, 11) is 1.53. The zero-order valence-corrected chi connectivity index (χ0v) is 22.9. The lowest BCUT2D eigenvalue weighted by Crippen LogP contribution is -2.27. The summed E-state index contributed by atoms with van der Waals surface area (Å²) in [5.41, 5.74) is 2.32. The molecule has 0 aromatic heterocycles. The number of rotatable bonds is 7. The van der Waals surface area contributed by atoms with Crippen LogP contribution in [0.4, 0.5) is 4.79 Å². The van der Waals surface area contributed by atoms with Crippen molar-refractivity contribution in [3.8, 4) is 11.5 Å². The van der Waals surface area contributed by atoms with Crippen LogP contribution in [0.2, 0.25) is 15.1 Å². The number of halogens is 4. The highest BCUT2D eigenvalue weighted by atomic mass is 79.9. The van der Waals surface area contributed by atoms with Gasteiger partial charge in [-0.1, -0.05) is 68.9 Å². The molecule has 0 bridgehead atoms. The summed E-state index contributed by atoms with van der Waals surface area (Å²) < 4.78 is 12.1. The average molecular weight is 614 g/mol. The normalized spacial score (nSPS) is 14.7. The van der Waals surface area contributed by atoms with Crippen molar-refractivity contribution in [2.24, 2.45) is 0 Å². The van der Waals surface area contributed by atoms with E-state index >= 15 is 0 Å². The number of ether oxygens (including phenoxy) is 2. The number of nitrogens with zero attached hydrogens (tertiary/aromatic N) is 1. The van der Waals surface area contributed by atoms with Gasteiger partial charge in [0.15, 0.2) is 11.5 Å². The van der Waals surface area contributed by atoms with E-state index in [0.29, 0.717) is 41.5 Å². The first kappa shape index (κ1) is 25.9. The monoisotopic (exact) mass is 611 g/mol. The molecule has 0 N–H and O–H groups in total. The van der Waals surface area contributed by atoms with Crippen LogP contribution in [-0.2, 0) is 17.9 Å². The summed E-state index contributed by atoms with van der Waals surface area (Å²) in [5, 5.41) is 1.17. The molecule has 0 aliphatic carbocycles. The Labute approximate surface area is 230 Å². The fraction of sp³-hybridized carbons (Fsp3) is 0.120. The van der Waals surface area contributed by atoms with Gasteiger partial charge in [-0.3, -0.25) is 14.5 Å². The Hall–Kier alpha value is -2.16. The van der Waals surface area contributed by atoms with E-state index in [1.807, 2.05) is 6.07 Å². The molecule has 3 aromatic carbocycles. The lowest BCUT2D eigenvalue weighted by molar-refractivity contribution is -0.123. The summed E-state index contributed by atoms with van der Waals surface area (Å²) in [6, 6.07) is 15.8. The van der Waals surface area contributed by atoms with Crippen LogP contribution in [0, 0.1) is 0 Å². The van der Waals surface area contributed by atoms with Gasteiger partial charge in [0.1, 0.15) is 6.61 Å². The third kappa shape index (κ3) is 6.16. The Morgan fingerprint density at radius 1 is 0.943 bits per heavy atom. The predicted octanol–water partition coefficient (Wildman–Crippen LogP) is 8.23. The first-order valence-corrected chi connectivity index (χ1v) is 12.9. The molecule has 2 amide bonds. The molecule has 0 unspecified atom stereocenters. The van der Waals surface area contributed by atoms with Crippen LogP contribution in [0.3, 0.4) is 0 Å². The standard InChI is InChI=1S/C25H17BrCl3NO4S/c1-33-21-9-16(18(26)11-22(21)34-13-15-4-7-19(28)20(29)8-15)10-23-24(31)30(25(32)35-23)12-14-2-5-17(27)6-3-14/h2-11H,12-13H2,1H3/b23-10-. The van der Waals surface area contributed by atoms with Crippen molar-refractivity contribution in [1.82, 2.24) is 4.90 Å². The van der Waals surface area contributed by atoms with Gasteiger partial charge in [0.05, 0.1) is 28.6 Å². The number of hydrogen-bond acceptors (Lipinski definition) is 5. The van der Waals surface area contributed by atoms with Gasteiger partial charge < -0.3 is 9.47 Å². The second-order valence-electron chi connectivity index (χ2n) is 7.46. The van der Waals surface area contributed by atoms with E-state index in [1.165, 1.54) is 12.0 Å². The van der Waals surface area contributed by atoms with Gasteiger partial charge >= 0.3 is 0 Å². The third-order valence-corrected chi connectivity index (χ3v) is 7.66. The van der Waals surface area contributed by atoms with Crippen LogP contribution in [0.1, 0.15) is 16.7 Å². The van der Waals surface area contributed by atoms with Gasteiger partial charge in [0, 0.05) is 9.50 Å². The Kier molecular flexibility index (Phi) is 8.34. The molecule has 0 saturated carbocycles. The molecule has 4 rings (SSSR count). The number of thioether (sulfide) groups is 1. The minimum absolute atomic E-state index is 0.172. The van der Waals surface area contributed by atoms with Crippen LogP contribution in [0.15, 0.2) is 64.0 Å². The molecule has 1 fully saturated rings. The van der Waals surface area contributed by atoms with E-state index < -0.39 is 0 Å². The van der Waals surface area contributed by atoms with Crippen molar-refractivity contribution in [2.75, 3.05) is 7.11 Å². The number of carbonyl (C=O) groups is 2. The SMILES string of the molecule is COc1cc(/C=C2\SC(=O)N(Cc3ccc(Cl)cc3)C2=O)c(Br)cc1OCc1ccc(Cl)c(Cl)c1. The zero-order valence-electron chi connectivity index (χ0n) is 18.2. The van der Waals surface area contributed by atoms with Gasteiger partial charge in [-0.15, -0.1) is 0 Å². The topological polar surface area (TPSA) is 55.8 Å². The lowest BCUT2D eigenvalue weighted by atomic mass is 10.1. The Morgan fingerprint density at radius 3 is 2.34 bits per heavy atom. The second-order valence-corrected chi connectivity index (χ2v) is 10.6. The van der Waals surface area contributed by atoms with E-state index in [9.17, 15) is 9.59 Å². The first-order chi connectivity index (χ1) is 16.7. The van der Waals surface area contributed by atoms with Crippen LogP contribution >= 0.6 is 62.5 Å². The molecule has 1 heterocycles. The molecule has 5 nitrogen and oxygen atoms in total. The van der Waals surface area contributed by atoms with E-state index in [1.54, 1.807) is 54.6 Å². The minimum Gasteiger partial charge on any atom is -0.493 e. The van der Waals surface area contributed by atoms with E-state index in [0.717, 1.165) is 22.9 Å². The fourth-order valence-electron chi connectivity index (χ4n) is 3.27. The average Bonchev–Trinajstić information content (AvgIpc) is 3.09. The van der Waals surface area contributed by atoms with Gasteiger partial charge in [0.2, 0.25) is 0 Å². The van der Waals surface area contributed by atoms with Gasteiger partial charge in [0.25, 0.3) is 11.1 Å². The Bertz CT molecular complexity index is 1330. The maximum Gasteiger partial charge on any atom is 0.293 e. The number of methoxy groups -OCH3 is 1. The molecule has 1 saturated heterocycles. The number of carbonyl (C=O) groups excluding carboxylic acids is 2. The predicted molar refractivity (Wildman–Crippen MR) is 144 cm³/mol. The van der Waals surface area contributed by atoms with Gasteiger partial charge in [-0.05, 0) is 70.9 Å². The van der Waals surface area contributed by atoms with Crippen LogP contribution < -0.4 is 9.47 Å². The highest BCUT2D eigenvalue weighted by Crippen LogP contribution is 2.39. The quantitative estimate of drug-likeness (QED) is 0.251. The number of imide groups is 1. The van der Waals surface area contributed by atoms with Crippen molar-refractivity contribution in [3.05, 3.63) is 95.7 Å². The summed E-state index contributed by atoms with van der Waals surface area (Å²) in [5.74, 6) is 0.610. The Balaban J connectivity index is 1.52.